The predicted molar refractivity (Wildman–Crippen MR) is 42.0 cm³/mol. The van der Waals surface area contributed by atoms with Crippen molar-refractivity contribution in [2.75, 3.05) is 27.3 Å². The van der Waals surface area contributed by atoms with Gasteiger partial charge in [0.2, 0.25) is 0 Å². The van der Waals surface area contributed by atoms with Crippen LogP contribution in [0.2, 0.25) is 0 Å². The molecule has 2 nitrogen and oxygen atoms in total. The molecule has 0 bridgehead atoms. The van der Waals surface area contributed by atoms with Gasteiger partial charge in [-0.2, -0.15) is 0 Å². The first-order valence-electron chi connectivity index (χ1n) is 3.86. The highest BCUT2D eigenvalue weighted by Crippen LogP contribution is 2.51. The Balaban J connectivity index is 2.19. The third-order valence-electron chi connectivity index (χ3n) is 2.46. The van der Waals surface area contributed by atoms with Gasteiger partial charge >= 0.3 is 0 Å². The molecule has 0 amide bonds. The van der Waals surface area contributed by atoms with Gasteiger partial charge in [0.15, 0.2) is 0 Å². The van der Waals surface area contributed by atoms with Crippen LogP contribution in [0.25, 0.3) is 0 Å². The maximum atomic E-state index is 5.12. The minimum absolute atomic E-state index is 0.484. The standard InChI is InChI=1S/C8H17NO/c1-8(6-10-3)4-7(8)5-9-2/h7,9H,4-6H2,1-3H3/t7-,8+/m1/s1. The zero-order valence-electron chi connectivity index (χ0n) is 7.11. The van der Waals surface area contributed by atoms with Crippen molar-refractivity contribution in [3.05, 3.63) is 0 Å². The van der Waals surface area contributed by atoms with Gasteiger partial charge in [-0.05, 0) is 31.3 Å². The summed E-state index contributed by atoms with van der Waals surface area (Å²) in [7, 11) is 3.78. The number of rotatable bonds is 4. The molecule has 0 aromatic rings. The molecule has 2 atom stereocenters. The number of hydrogen-bond acceptors (Lipinski definition) is 2. The second kappa shape index (κ2) is 2.89. The smallest absolute Gasteiger partial charge is 0.0519 e. The second-order valence-corrected chi connectivity index (χ2v) is 3.55. The summed E-state index contributed by atoms with van der Waals surface area (Å²) in [4.78, 5) is 0. The molecule has 2 heteroatoms. The van der Waals surface area contributed by atoms with E-state index in [0.717, 1.165) is 19.1 Å². The van der Waals surface area contributed by atoms with Crippen LogP contribution >= 0.6 is 0 Å². The molecule has 0 aliphatic heterocycles. The average Bonchev–Trinajstić information content (AvgIpc) is 2.44. The molecular formula is C8H17NO. The fourth-order valence-electron chi connectivity index (χ4n) is 1.58. The van der Waals surface area contributed by atoms with Crippen molar-refractivity contribution in [2.24, 2.45) is 11.3 Å². The molecule has 1 aliphatic carbocycles. The highest BCUT2D eigenvalue weighted by molar-refractivity contribution is 4.99. The largest absolute Gasteiger partial charge is 0.384 e. The fraction of sp³-hybridized carbons (Fsp3) is 1.00. The van der Waals surface area contributed by atoms with E-state index in [1.807, 2.05) is 7.05 Å². The molecule has 60 valence electrons. The van der Waals surface area contributed by atoms with Crippen LogP contribution in [0, 0.1) is 11.3 Å². The Kier molecular flexibility index (Phi) is 2.32. The van der Waals surface area contributed by atoms with Crippen LogP contribution in [0.4, 0.5) is 0 Å². The maximum absolute atomic E-state index is 5.12. The maximum Gasteiger partial charge on any atom is 0.0519 e. The molecule has 0 saturated heterocycles. The van der Waals surface area contributed by atoms with E-state index in [4.69, 9.17) is 4.74 Å². The summed E-state index contributed by atoms with van der Waals surface area (Å²) in [6.07, 6.45) is 1.32. The van der Waals surface area contributed by atoms with Gasteiger partial charge in [-0.25, -0.2) is 0 Å². The minimum atomic E-state index is 0.484. The van der Waals surface area contributed by atoms with E-state index in [9.17, 15) is 0 Å². The summed E-state index contributed by atoms with van der Waals surface area (Å²) < 4.78 is 5.12. The van der Waals surface area contributed by atoms with Gasteiger partial charge in [-0.1, -0.05) is 6.92 Å². The summed E-state index contributed by atoms with van der Waals surface area (Å²) in [5, 5.41) is 3.19. The second-order valence-electron chi connectivity index (χ2n) is 3.55. The normalized spacial score (nSPS) is 38.1. The van der Waals surface area contributed by atoms with E-state index in [1.165, 1.54) is 6.42 Å². The van der Waals surface area contributed by atoms with Gasteiger partial charge in [0.1, 0.15) is 0 Å². The van der Waals surface area contributed by atoms with Crippen molar-refractivity contribution < 1.29 is 4.74 Å². The first-order valence-corrected chi connectivity index (χ1v) is 3.86. The molecule has 0 heterocycles. The SMILES string of the molecule is CNC[C@H]1C[C@@]1(C)COC. The fourth-order valence-corrected chi connectivity index (χ4v) is 1.58. The Morgan fingerprint density at radius 2 is 2.40 bits per heavy atom. The van der Waals surface area contributed by atoms with Crippen molar-refractivity contribution in [2.45, 2.75) is 13.3 Å². The van der Waals surface area contributed by atoms with E-state index in [-0.39, 0.29) is 0 Å². The van der Waals surface area contributed by atoms with E-state index in [0.29, 0.717) is 5.41 Å². The molecule has 1 saturated carbocycles. The van der Waals surface area contributed by atoms with Crippen LogP contribution in [-0.2, 0) is 4.74 Å². The Hall–Kier alpha value is -0.0800. The summed E-state index contributed by atoms with van der Waals surface area (Å²) >= 11 is 0. The summed E-state index contributed by atoms with van der Waals surface area (Å²) in [5.41, 5.74) is 0.484. The third kappa shape index (κ3) is 1.50. The zero-order chi connectivity index (χ0) is 7.61. The van der Waals surface area contributed by atoms with E-state index < -0.39 is 0 Å². The Morgan fingerprint density at radius 3 is 2.90 bits per heavy atom. The van der Waals surface area contributed by atoms with Crippen LogP contribution in [0.3, 0.4) is 0 Å². The Labute approximate surface area is 63.0 Å². The third-order valence-corrected chi connectivity index (χ3v) is 2.46. The van der Waals surface area contributed by atoms with Crippen LogP contribution in [-0.4, -0.2) is 27.3 Å². The van der Waals surface area contributed by atoms with Crippen molar-refractivity contribution in [1.29, 1.82) is 0 Å². The van der Waals surface area contributed by atoms with E-state index in [1.54, 1.807) is 7.11 Å². The molecule has 10 heavy (non-hydrogen) atoms. The number of nitrogens with one attached hydrogen (secondary N) is 1. The number of ether oxygens (including phenoxy) is 1. The Bertz CT molecular complexity index is 116. The summed E-state index contributed by atoms with van der Waals surface area (Å²) in [6.45, 7) is 4.34. The van der Waals surface area contributed by atoms with Gasteiger partial charge in [0, 0.05) is 7.11 Å². The molecule has 1 rings (SSSR count). The van der Waals surface area contributed by atoms with Crippen LogP contribution in [0.5, 0.6) is 0 Å². The van der Waals surface area contributed by atoms with Crippen LogP contribution in [0.1, 0.15) is 13.3 Å². The highest BCUT2D eigenvalue weighted by atomic mass is 16.5. The topological polar surface area (TPSA) is 21.3 Å². The lowest BCUT2D eigenvalue weighted by Gasteiger charge is -2.08. The first kappa shape index (κ1) is 8.02. The quantitative estimate of drug-likeness (QED) is 0.630. The molecule has 0 aromatic carbocycles. The molecule has 0 radical (unpaired) electrons. The molecule has 1 N–H and O–H groups in total. The van der Waals surface area contributed by atoms with Crippen molar-refractivity contribution >= 4 is 0 Å². The van der Waals surface area contributed by atoms with Gasteiger partial charge < -0.3 is 10.1 Å². The monoisotopic (exact) mass is 143 g/mol. The Morgan fingerprint density at radius 1 is 1.70 bits per heavy atom. The lowest BCUT2D eigenvalue weighted by Crippen LogP contribution is -2.16. The molecular weight excluding hydrogens is 126 g/mol. The van der Waals surface area contributed by atoms with Crippen LogP contribution in [0.15, 0.2) is 0 Å². The summed E-state index contributed by atoms with van der Waals surface area (Å²) in [6, 6.07) is 0. The average molecular weight is 143 g/mol. The molecule has 0 aromatic heterocycles. The molecule has 0 spiro atoms. The predicted octanol–water partition coefficient (Wildman–Crippen LogP) is 0.878. The van der Waals surface area contributed by atoms with Gasteiger partial charge in [0.05, 0.1) is 6.61 Å². The lowest BCUT2D eigenvalue weighted by atomic mass is 10.1. The zero-order valence-corrected chi connectivity index (χ0v) is 7.11. The van der Waals surface area contributed by atoms with E-state index >= 15 is 0 Å². The lowest BCUT2D eigenvalue weighted by molar-refractivity contribution is 0.141. The van der Waals surface area contributed by atoms with Crippen LogP contribution < -0.4 is 5.32 Å². The van der Waals surface area contributed by atoms with Crippen molar-refractivity contribution in [3.8, 4) is 0 Å². The van der Waals surface area contributed by atoms with E-state index in [2.05, 4.69) is 12.2 Å². The van der Waals surface area contributed by atoms with Gasteiger partial charge in [-0.15, -0.1) is 0 Å². The van der Waals surface area contributed by atoms with Crippen molar-refractivity contribution in [1.82, 2.24) is 5.32 Å². The number of methoxy groups -OCH3 is 1. The molecule has 0 unspecified atom stereocenters. The van der Waals surface area contributed by atoms with Gasteiger partial charge in [-0.3, -0.25) is 0 Å². The molecule has 1 fully saturated rings. The van der Waals surface area contributed by atoms with Crippen molar-refractivity contribution in [3.63, 3.8) is 0 Å². The number of hydrogen-bond donors (Lipinski definition) is 1. The highest BCUT2D eigenvalue weighted by Gasteiger charge is 2.49. The first-order chi connectivity index (χ1) is 4.73. The van der Waals surface area contributed by atoms with Gasteiger partial charge in [0.25, 0.3) is 0 Å². The minimum Gasteiger partial charge on any atom is -0.384 e. The summed E-state index contributed by atoms with van der Waals surface area (Å²) in [5.74, 6) is 0.845. The molecule has 1 aliphatic rings.